The summed E-state index contributed by atoms with van der Waals surface area (Å²) in [7, 11) is 4.66. The summed E-state index contributed by atoms with van der Waals surface area (Å²) in [6, 6.07) is 10.2. The van der Waals surface area contributed by atoms with Crippen molar-refractivity contribution >= 4 is 27.3 Å². The highest BCUT2D eigenvalue weighted by Gasteiger charge is 2.20. The molecule has 1 amide bonds. The summed E-state index contributed by atoms with van der Waals surface area (Å²) in [6.45, 7) is 0.435. The van der Waals surface area contributed by atoms with Gasteiger partial charge in [-0.1, -0.05) is 6.07 Å². The number of hydrogen-bond donors (Lipinski definition) is 1. The normalized spacial score (nSPS) is 10.8. The molecule has 1 aromatic heterocycles. The second-order valence-corrected chi connectivity index (χ2v) is 6.87. The van der Waals surface area contributed by atoms with E-state index in [0.717, 1.165) is 5.56 Å². The highest BCUT2D eigenvalue weighted by atomic mass is 32.1. The van der Waals surface area contributed by atoms with Crippen LogP contribution in [0.4, 0.5) is 4.39 Å². The van der Waals surface area contributed by atoms with Crippen molar-refractivity contribution in [2.45, 2.75) is 13.2 Å². The lowest BCUT2D eigenvalue weighted by Crippen LogP contribution is -2.23. The minimum absolute atomic E-state index is 0.162. The molecule has 3 aromatic rings. The van der Waals surface area contributed by atoms with E-state index in [-0.39, 0.29) is 24.9 Å². The predicted octanol–water partition coefficient (Wildman–Crippen LogP) is 4.13. The fourth-order valence-corrected chi connectivity index (χ4v) is 4.02. The van der Waals surface area contributed by atoms with Gasteiger partial charge in [0, 0.05) is 40.9 Å². The van der Waals surface area contributed by atoms with Gasteiger partial charge in [-0.25, -0.2) is 4.39 Å². The van der Waals surface area contributed by atoms with E-state index in [0.29, 0.717) is 32.0 Å². The Balaban J connectivity index is 1.87. The number of carbonyl (C=O) groups excluding carboxylic acids is 1. The van der Waals surface area contributed by atoms with E-state index in [1.807, 2.05) is 6.07 Å². The molecule has 0 atom stereocenters. The third-order valence-corrected chi connectivity index (χ3v) is 5.39. The molecule has 3 rings (SSSR count). The number of hydrogen-bond acceptors (Lipinski definition) is 5. The quantitative estimate of drug-likeness (QED) is 0.660. The molecule has 27 heavy (non-hydrogen) atoms. The molecule has 5 nitrogen and oxygen atoms in total. The smallest absolute Gasteiger partial charge is 0.262 e. The van der Waals surface area contributed by atoms with E-state index in [9.17, 15) is 9.18 Å². The van der Waals surface area contributed by atoms with Crippen LogP contribution in [0.5, 0.6) is 11.5 Å². The summed E-state index contributed by atoms with van der Waals surface area (Å²) in [5.74, 6) is 0.658. The second kappa shape index (κ2) is 8.37. The highest BCUT2D eigenvalue weighted by molar-refractivity contribution is 7.21. The van der Waals surface area contributed by atoms with Crippen molar-refractivity contribution in [1.29, 1.82) is 0 Å². The Morgan fingerprint density at radius 3 is 2.67 bits per heavy atom. The average molecular weight is 389 g/mol. The van der Waals surface area contributed by atoms with Gasteiger partial charge in [0.25, 0.3) is 5.91 Å². The summed E-state index contributed by atoms with van der Waals surface area (Å²) < 4.78 is 30.7. The van der Waals surface area contributed by atoms with Gasteiger partial charge in [-0.15, -0.1) is 11.3 Å². The van der Waals surface area contributed by atoms with Crippen LogP contribution < -0.4 is 14.8 Å². The van der Waals surface area contributed by atoms with Gasteiger partial charge in [-0.2, -0.15) is 0 Å². The van der Waals surface area contributed by atoms with Gasteiger partial charge in [0.2, 0.25) is 0 Å². The molecular weight excluding hydrogens is 369 g/mol. The number of thiophene rings is 1. The van der Waals surface area contributed by atoms with Crippen molar-refractivity contribution in [3.63, 3.8) is 0 Å². The number of benzene rings is 2. The fraction of sp³-hybridized carbons (Fsp3) is 0.250. The van der Waals surface area contributed by atoms with Crippen LogP contribution in [0.25, 0.3) is 10.1 Å². The van der Waals surface area contributed by atoms with Crippen LogP contribution in [0.1, 0.15) is 20.8 Å². The Morgan fingerprint density at radius 1 is 1.15 bits per heavy atom. The first-order valence-corrected chi connectivity index (χ1v) is 9.08. The minimum Gasteiger partial charge on any atom is -0.497 e. The van der Waals surface area contributed by atoms with Gasteiger partial charge in [-0.05, 0) is 24.3 Å². The molecular formula is C20H20FNO4S. The van der Waals surface area contributed by atoms with E-state index >= 15 is 0 Å². The molecule has 0 saturated carbocycles. The van der Waals surface area contributed by atoms with E-state index in [1.54, 1.807) is 38.5 Å². The molecule has 0 bridgehead atoms. The Morgan fingerprint density at radius 2 is 1.96 bits per heavy atom. The lowest BCUT2D eigenvalue weighted by molar-refractivity contribution is 0.0950. The van der Waals surface area contributed by atoms with Gasteiger partial charge in [0.1, 0.15) is 17.3 Å². The lowest BCUT2D eigenvalue weighted by Gasteiger charge is -2.11. The summed E-state index contributed by atoms with van der Waals surface area (Å²) in [5, 5.41) is 3.32. The Labute approximate surface area is 160 Å². The van der Waals surface area contributed by atoms with Crippen LogP contribution in [-0.2, 0) is 17.9 Å². The number of nitrogens with one attached hydrogen (secondary N) is 1. The minimum atomic E-state index is -0.355. The molecule has 0 aliphatic rings. The summed E-state index contributed by atoms with van der Waals surface area (Å²) >= 11 is 1.25. The Bertz CT molecular complexity index is 970. The van der Waals surface area contributed by atoms with E-state index in [1.165, 1.54) is 24.5 Å². The molecule has 0 radical (unpaired) electrons. The predicted molar refractivity (Wildman–Crippen MR) is 103 cm³/mol. The van der Waals surface area contributed by atoms with Crippen LogP contribution in [0.2, 0.25) is 0 Å². The maximum Gasteiger partial charge on any atom is 0.262 e. The number of carbonyl (C=O) groups is 1. The Hall–Kier alpha value is -2.64. The molecule has 7 heteroatoms. The first-order chi connectivity index (χ1) is 13.1. The van der Waals surface area contributed by atoms with Crippen molar-refractivity contribution in [1.82, 2.24) is 5.32 Å². The monoisotopic (exact) mass is 389 g/mol. The van der Waals surface area contributed by atoms with E-state index in [4.69, 9.17) is 14.2 Å². The number of ether oxygens (including phenoxy) is 3. The standard InChI is InChI=1S/C20H20FNO4S/c1-24-11-14-18-15(21)5-4-6-17(18)27-19(14)20(23)22-10-12-7-8-13(25-2)9-16(12)26-3/h4-9H,10-11H2,1-3H3,(H,22,23). The number of rotatable bonds is 7. The van der Waals surface area contributed by atoms with Crippen LogP contribution in [0.3, 0.4) is 0 Å². The molecule has 1 heterocycles. The maximum atomic E-state index is 14.3. The molecule has 2 aromatic carbocycles. The van der Waals surface area contributed by atoms with Crippen LogP contribution >= 0.6 is 11.3 Å². The van der Waals surface area contributed by atoms with Crippen molar-refractivity contribution in [2.24, 2.45) is 0 Å². The lowest BCUT2D eigenvalue weighted by atomic mass is 10.1. The first kappa shape index (κ1) is 19.1. The second-order valence-electron chi connectivity index (χ2n) is 5.82. The topological polar surface area (TPSA) is 56.8 Å². The van der Waals surface area contributed by atoms with Gasteiger partial charge < -0.3 is 19.5 Å². The van der Waals surface area contributed by atoms with E-state index in [2.05, 4.69) is 5.32 Å². The maximum absolute atomic E-state index is 14.3. The van der Waals surface area contributed by atoms with Crippen molar-refractivity contribution in [3.8, 4) is 11.5 Å². The molecule has 142 valence electrons. The molecule has 0 spiro atoms. The number of halogens is 1. The molecule has 0 unspecified atom stereocenters. The zero-order valence-corrected chi connectivity index (χ0v) is 16.1. The average Bonchev–Trinajstić information content (AvgIpc) is 3.06. The molecule has 0 fully saturated rings. The third kappa shape index (κ3) is 3.89. The van der Waals surface area contributed by atoms with Crippen LogP contribution in [0.15, 0.2) is 36.4 Å². The summed E-state index contributed by atoms with van der Waals surface area (Å²) in [4.78, 5) is 13.2. The third-order valence-electron chi connectivity index (χ3n) is 4.19. The molecule has 0 saturated heterocycles. The molecule has 1 N–H and O–H groups in total. The summed E-state index contributed by atoms with van der Waals surface area (Å²) in [5.41, 5.74) is 1.38. The van der Waals surface area contributed by atoms with Crippen LogP contribution in [-0.4, -0.2) is 27.2 Å². The zero-order valence-electron chi connectivity index (χ0n) is 15.3. The zero-order chi connectivity index (χ0) is 19.4. The van der Waals surface area contributed by atoms with Gasteiger partial charge in [0.05, 0.1) is 25.7 Å². The summed E-state index contributed by atoms with van der Waals surface area (Å²) in [6.07, 6.45) is 0. The number of amides is 1. The van der Waals surface area contributed by atoms with Gasteiger partial charge in [-0.3, -0.25) is 4.79 Å². The molecule has 0 aliphatic carbocycles. The fourth-order valence-electron chi connectivity index (χ4n) is 2.89. The van der Waals surface area contributed by atoms with Crippen molar-refractivity contribution in [3.05, 3.63) is 58.2 Å². The highest BCUT2D eigenvalue weighted by Crippen LogP contribution is 2.34. The van der Waals surface area contributed by atoms with E-state index < -0.39 is 0 Å². The van der Waals surface area contributed by atoms with Crippen molar-refractivity contribution in [2.75, 3.05) is 21.3 Å². The molecule has 0 aliphatic heterocycles. The van der Waals surface area contributed by atoms with Gasteiger partial charge in [0.15, 0.2) is 0 Å². The van der Waals surface area contributed by atoms with Gasteiger partial charge >= 0.3 is 0 Å². The first-order valence-electron chi connectivity index (χ1n) is 8.27. The largest absolute Gasteiger partial charge is 0.497 e. The number of fused-ring (bicyclic) bond motifs is 1. The number of methoxy groups -OCH3 is 3. The van der Waals surface area contributed by atoms with Crippen LogP contribution in [0, 0.1) is 5.82 Å². The SMILES string of the molecule is COCc1c(C(=O)NCc2ccc(OC)cc2OC)sc2cccc(F)c12. The Kier molecular flexibility index (Phi) is 5.93. The van der Waals surface area contributed by atoms with Crippen molar-refractivity contribution < 1.29 is 23.4 Å².